The summed E-state index contributed by atoms with van der Waals surface area (Å²) in [5.74, 6) is -1.96. The van der Waals surface area contributed by atoms with Crippen molar-refractivity contribution in [2.24, 2.45) is 0 Å². The van der Waals surface area contributed by atoms with Gasteiger partial charge in [0.05, 0.1) is 5.57 Å². The Morgan fingerprint density at radius 3 is 2.26 bits per heavy atom. The molecule has 0 fully saturated rings. The SMILES string of the molecule is O=C(/C=C/c1ccccc1)C1=C(O)C(=O)O[C@@H]1c1ccccc1. The molecule has 1 atom stereocenters. The van der Waals surface area contributed by atoms with E-state index in [9.17, 15) is 14.7 Å². The molecule has 1 N–H and O–H groups in total. The van der Waals surface area contributed by atoms with Crippen LogP contribution in [0.1, 0.15) is 17.2 Å². The summed E-state index contributed by atoms with van der Waals surface area (Å²) in [6.45, 7) is 0. The average Bonchev–Trinajstić information content (AvgIpc) is 2.90. The molecule has 0 amide bonds. The van der Waals surface area contributed by atoms with Crippen LogP contribution in [0, 0.1) is 0 Å². The van der Waals surface area contributed by atoms with Gasteiger partial charge in [-0.1, -0.05) is 66.7 Å². The molecule has 2 aromatic rings. The molecule has 0 unspecified atom stereocenters. The molecule has 0 radical (unpaired) electrons. The Bertz CT molecular complexity index is 789. The van der Waals surface area contributed by atoms with Gasteiger partial charge < -0.3 is 9.84 Å². The first-order valence-electron chi connectivity index (χ1n) is 7.13. The van der Waals surface area contributed by atoms with Crippen LogP contribution >= 0.6 is 0 Å². The molecule has 1 aliphatic rings. The predicted molar refractivity (Wildman–Crippen MR) is 85.4 cm³/mol. The van der Waals surface area contributed by atoms with Crippen LogP contribution in [-0.2, 0) is 14.3 Å². The van der Waals surface area contributed by atoms with Gasteiger partial charge in [-0.05, 0) is 17.2 Å². The third kappa shape index (κ3) is 3.06. The largest absolute Gasteiger partial charge is 0.501 e. The number of hydrogen-bond donors (Lipinski definition) is 1. The smallest absolute Gasteiger partial charge is 0.374 e. The van der Waals surface area contributed by atoms with Gasteiger partial charge >= 0.3 is 5.97 Å². The highest BCUT2D eigenvalue weighted by atomic mass is 16.6. The van der Waals surface area contributed by atoms with E-state index < -0.39 is 23.6 Å². The molecule has 2 aromatic carbocycles. The molecule has 0 spiro atoms. The molecule has 114 valence electrons. The van der Waals surface area contributed by atoms with Crippen LogP contribution < -0.4 is 0 Å². The van der Waals surface area contributed by atoms with E-state index in [2.05, 4.69) is 0 Å². The van der Waals surface area contributed by atoms with Gasteiger partial charge in [0.2, 0.25) is 5.76 Å². The lowest BCUT2D eigenvalue weighted by Crippen LogP contribution is -2.08. The van der Waals surface area contributed by atoms with Crippen molar-refractivity contribution >= 4 is 17.8 Å². The Balaban J connectivity index is 1.90. The first-order valence-corrected chi connectivity index (χ1v) is 7.13. The molecule has 4 heteroatoms. The summed E-state index contributed by atoms with van der Waals surface area (Å²) >= 11 is 0. The van der Waals surface area contributed by atoms with Crippen molar-refractivity contribution in [2.45, 2.75) is 6.10 Å². The molecule has 4 nitrogen and oxygen atoms in total. The standard InChI is InChI=1S/C19H14O4/c20-15(12-11-13-7-3-1-4-8-13)16-17(21)19(22)23-18(16)14-9-5-2-6-10-14/h1-12,18,21H/b12-11+/t18-/m1/s1. The number of aliphatic hydroxyl groups is 1. The van der Waals surface area contributed by atoms with Crippen LogP contribution in [0.15, 0.2) is 78.1 Å². The Hall–Kier alpha value is -3.14. The second kappa shape index (κ2) is 6.32. The summed E-state index contributed by atoms with van der Waals surface area (Å²) in [5.41, 5.74) is 1.46. The molecule has 0 bridgehead atoms. The zero-order valence-electron chi connectivity index (χ0n) is 12.2. The zero-order valence-corrected chi connectivity index (χ0v) is 12.2. The molecule has 23 heavy (non-hydrogen) atoms. The van der Waals surface area contributed by atoms with Crippen LogP contribution in [0.25, 0.3) is 6.08 Å². The van der Waals surface area contributed by atoms with E-state index in [0.717, 1.165) is 5.56 Å². The Morgan fingerprint density at radius 1 is 1.00 bits per heavy atom. The third-order valence-corrected chi connectivity index (χ3v) is 3.53. The lowest BCUT2D eigenvalue weighted by atomic mass is 9.98. The van der Waals surface area contributed by atoms with E-state index in [0.29, 0.717) is 5.56 Å². The molecule has 0 saturated carbocycles. The highest BCUT2D eigenvalue weighted by Crippen LogP contribution is 2.34. The number of benzene rings is 2. The van der Waals surface area contributed by atoms with Crippen molar-refractivity contribution in [3.05, 3.63) is 89.2 Å². The van der Waals surface area contributed by atoms with E-state index in [4.69, 9.17) is 4.74 Å². The predicted octanol–water partition coefficient (Wildman–Crippen LogP) is 3.38. The van der Waals surface area contributed by atoms with E-state index >= 15 is 0 Å². The summed E-state index contributed by atoms with van der Waals surface area (Å²) in [4.78, 5) is 24.1. The van der Waals surface area contributed by atoms with E-state index in [1.165, 1.54) is 6.08 Å². The molecule has 1 aliphatic heterocycles. The summed E-state index contributed by atoms with van der Waals surface area (Å²) in [7, 11) is 0. The molecule has 0 saturated heterocycles. The minimum absolute atomic E-state index is 0.0339. The molecule has 3 rings (SSSR count). The van der Waals surface area contributed by atoms with E-state index in [1.807, 2.05) is 36.4 Å². The van der Waals surface area contributed by atoms with Crippen molar-refractivity contribution in [1.82, 2.24) is 0 Å². The molecule has 0 aromatic heterocycles. The van der Waals surface area contributed by atoms with Gasteiger partial charge in [-0.3, -0.25) is 4.79 Å². The number of carbonyl (C=O) groups excluding carboxylic acids is 2. The van der Waals surface area contributed by atoms with Crippen LogP contribution in [-0.4, -0.2) is 16.9 Å². The van der Waals surface area contributed by atoms with Gasteiger partial charge in [-0.25, -0.2) is 4.79 Å². The normalized spacial score (nSPS) is 17.6. The number of esters is 1. The number of hydrogen-bond acceptors (Lipinski definition) is 4. The van der Waals surface area contributed by atoms with Gasteiger partial charge in [0.1, 0.15) is 0 Å². The minimum atomic E-state index is -0.879. The van der Waals surface area contributed by atoms with Crippen molar-refractivity contribution in [1.29, 1.82) is 0 Å². The van der Waals surface area contributed by atoms with Gasteiger partial charge in [0, 0.05) is 0 Å². The van der Waals surface area contributed by atoms with Gasteiger partial charge in [0.25, 0.3) is 0 Å². The van der Waals surface area contributed by atoms with Crippen LogP contribution in [0.5, 0.6) is 0 Å². The number of cyclic esters (lactones) is 1. The van der Waals surface area contributed by atoms with Gasteiger partial charge in [-0.2, -0.15) is 0 Å². The maximum absolute atomic E-state index is 12.4. The topological polar surface area (TPSA) is 63.6 Å². The summed E-state index contributed by atoms with van der Waals surface area (Å²) < 4.78 is 5.13. The Labute approximate surface area is 133 Å². The lowest BCUT2D eigenvalue weighted by Gasteiger charge is -2.11. The molecule has 0 aliphatic carbocycles. The van der Waals surface area contributed by atoms with Crippen molar-refractivity contribution in [3.63, 3.8) is 0 Å². The average molecular weight is 306 g/mol. The number of ketones is 1. The number of carbonyl (C=O) groups is 2. The zero-order chi connectivity index (χ0) is 16.2. The summed E-state index contributed by atoms with van der Waals surface area (Å²) in [5, 5.41) is 9.91. The van der Waals surface area contributed by atoms with Crippen LogP contribution in [0.3, 0.4) is 0 Å². The fourth-order valence-corrected chi connectivity index (χ4v) is 2.39. The highest BCUT2D eigenvalue weighted by Gasteiger charge is 2.38. The summed E-state index contributed by atoms with van der Waals surface area (Å²) in [6.07, 6.45) is 2.09. The highest BCUT2D eigenvalue weighted by molar-refractivity contribution is 6.12. The van der Waals surface area contributed by atoms with Gasteiger partial charge in [-0.15, -0.1) is 0 Å². The Kier molecular flexibility index (Phi) is 4.06. The van der Waals surface area contributed by atoms with Crippen LogP contribution in [0.2, 0.25) is 0 Å². The van der Waals surface area contributed by atoms with Crippen molar-refractivity contribution < 1.29 is 19.4 Å². The second-order valence-electron chi connectivity index (χ2n) is 5.07. The van der Waals surface area contributed by atoms with Crippen LogP contribution in [0.4, 0.5) is 0 Å². The van der Waals surface area contributed by atoms with E-state index in [-0.39, 0.29) is 5.57 Å². The summed E-state index contributed by atoms with van der Waals surface area (Å²) in [6, 6.07) is 18.1. The maximum atomic E-state index is 12.4. The first kappa shape index (κ1) is 14.8. The first-order chi connectivity index (χ1) is 11.2. The van der Waals surface area contributed by atoms with Crippen molar-refractivity contribution in [3.8, 4) is 0 Å². The fraction of sp³-hybridized carbons (Fsp3) is 0.0526. The number of aliphatic hydroxyl groups excluding tert-OH is 1. The quantitative estimate of drug-likeness (QED) is 0.695. The number of ether oxygens (including phenoxy) is 1. The minimum Gasteiger partial charge on any atom is -0.501 e. The molecule has 1 heterocycles. The number of allylic oxidation sites excluding steroid dienone is 1. The monoisotopic (exact) mass is 306 g/mol. The molecular weight excluding hydrogens is 292 g/mol. The molecular formula is C19H14O4. The lowest BCUT2D eigenvalue weighted by molar-refractivity contribution is -0.142. The maximum Gasteiger partial charge on any atom is 0.374 e. The second-order valence-corrected chi connectivity index (χ2v) is 5.07. The van der Waals surface area contributed by atoms with Crippen molar-refractivity contribution in [2.75, 3.05) is 0 Å². The Morgan fingerprint density at radius 2 is 1.61 bits per heavy atom. The number of rotatable bonds is 4. The third-order valence-electron chi connectivity index (χ3n) is 3.53. The van der Waals surface area contributed by atoms with E-state index in [1.54, 1.807) is 30.3 Å². The fourth-order valence-electron chi connectivity index (χ4n) is 2.39. The van der Waals surface area contributed by atoms with Gasteiger partial charge in [0.15, 0.2) is 11.9 Å².